The summed E-state index contributed by atoms with van der Waals surface area (Å²) in [7, 11) is 0. The molecule has 0 saturated carbocycles. The van der Waals surface area contributed by atoms with Gasteiger partial charge in [0.1, 0.15) is 5.75 Å². The molecule has 0 atom stereocenters. The normalized spacial score (nSPS) is 15.7. The number of nitrogens with one attached hydrogen (secondary N) is 2. The molecule has 2 rings (SSSR count). The minimum atomic E-state index is -0.104. The molecule has 0 aromatic heterocycles. The molecule has 1 aromatic carbocycles. The highest BCUT2D eigenvalue weighted by atomic mass is 16.5. The number of carbonyl (C=O) groups is 1. The molecule has 3 N–H and O–H groups in total. The van der Waals surface area contributed by atoms with Gasteiger partial charge in [0.15, 0.2) is 0 Å². The molecule has 1 fully saturated rings. The molecule has 1 heterocycles. The van der Waals surface area contributed by atoms with Gasteiger partial charge in [-0.05, 0) is 57.0 Å². The molecule has 5 heteroatoms. The minimum Gasteiger partial charge on any atom is -0.494 e. The molecule has 5 nitrogen and oxygen atoms in total. The van der Waals surface area contributed by atoms with Gasteiger partial charge in [-0.2, -0.15) is 0 Å². The fraction of sp³-hybridized carbons (Fsp3) is 0.562. The van der Waals surface area contributed by atoms with Crippen LogP contribution in [0.5, 0.6) is 5.75 Å². The summed E-state index contributed by atoms with van der Waals surface area (Å²) in [6.45, 7) is 4.34. The van der Waals surface area contributed by atoms with Crippen molar-refractivity contribution in [2.75, 3.05) is 25.0 Å². The van der Waals surface area contributed by atoms with E-state index in [1.54, 1.807) is 12.1 Å². The van der Waals surface area contributed by atoms with Crippen LogP contribution in [0, 0.1) is 5.92 Å². The molecule has 0 unspecified atom stereocenters. The second-order valence-corrected chi connectivity index (χ2v) is 5.36. The van der Waals surface area contributed by atoms with Crippen LogP contribution >= 0.6 is 0 Å². The Kier molecular flexibility index (Phi) is 6.02. The Morgan fingerprint density at radius 3 is 2.86 bits per heavy atom. The second kappa shape index (κ2) is 8.00. The van der Waals surface area contributed by atoms with Crippen LogP contribution in [0.3, 0.4) is 0 Å². The lowest BCUT2D eigenvalue weighted by Gasteiger charge is -2.22. The number of rotatable bonds is 6. The van der Waals surface area contributed by atoms with Crippen LogP contribution in [0.15, 0.2) is 18.2 Å². The highest BCUT2D eigenvalue weighted by molar-refractivity contribution is 5.91. The van der Waals surface area contributed by atoms with Crippen molar-refractivity contribution in [3.63, 3.8) is 0 Å². The summed E-state index contributed by atoms with van der Waals surface area (Å²) in [6, 6.07) is 5.37. The zero-order chi connectivity index (χ0) is 15.1. The van der Waals surface area contributed by atoms with E-state index in [1.807, 2.05) is 13.0 Å². The summed E-state index contributed by atoms with van der Waals surface area (Å²) >= 11 is 0. The summed E-state index contributed by atoms with van der Waals surface area (Å²) in [4.78, 5) is 12.1. The lowest BCUT2D eigenvalue weighted by atomic mass is 9.94. The largest absolute Gasteiger partial charge is 0.494 e. The number of ether oxygens (including phenoxy) is 1. The predicted octanol–water partition coefficient (Wildman–Crippen LogP) is 1.91. The van der Waals surface area contributed by atoms with Gasteiger partial charge in [0.05, 0.1) is 13.2 Å². The first-order valence-corrected chi connectivity index (χ1v) is 7.60. The van der Waals surface area contributed by atoms with Crippen molar-refractivity contribution in [2.24, 2.45) is 5.92 Å². The molecular formula is C16H24N2O3. The number of anilines is 1. The van der Waals surface area contributed by atoms with E-state index in [1.165, 1.54) is 0 Å². The van der Waals surface area contributed by atoms with Gasteiger partial charge in [-0.3, -0.25) is 4.79 Å². The summed E-state index contributed by atoms with van der Waals surface area (Å²) in [5.41, 5.74) is 1.40. The fourth-order valence-electron chi connectivity index (χ4n) is 2.64. The van der Waals surface area contributed by atoms with Crippen LogP contribution < -0.4 is 15.4 Å². The molecule has 0 aliphatic carbocycles. The predicted molar refractivity (Wildman–Crippen MR) is 82.4 cm³/mol. The Labute approximate surface area is 125 Å². The maximum Gasteiger partial charge on any atom is 0.224 e. The third-order valence-corrected chi connectivity index (χ3v) is 3.75. The maximum absolute atomic E-state index is 12.1. The van der Waals surface area contributed by atoms with E-state index in [4.69, 9.17) is 4.74 Å². The van der Waals surface area contributed by atoms with E-state index < -0.39 is 0 Å². The van der Waals surface area contributed by atoms with Crippen molar-refractivity contribution in [1.29, 1.82) is 0 Å². The van der Waals surface area contributed by atoms with E-state index in [-0.39, 0.29) is 12.5 Å². The molecule has 1 aliphatic heterocycles. The van der Waals surface area contributed by atoms with Crippen molar-refractivity contribution in [3.05, 3.63) is 23.8 Å². The molecule has 1 aliphatic rings. The number of carbonyl (C=O) groups excluding carboxylic acids is 1. The first-order valence-electron chi connectivity index (χ1n) is 7.60. The van der Waals surface area contributed by atoms with E-state index in [9.17, 15) is 9.90 Å². The van der Waals surface area contributed by atoms with Gasteiger partial charge < -0.3 is 20.5 Å². The van der Waals surface area contributed by atoms with E-state index in [2.05, 4.69) is 10.6 Å². The maximum atomic E-state index is 12.1. The highest BCUT2D eigenvalue weighted by Crippen LogP contribution is 2.24. The number of hydrogen-bond acceptors (Lipinski definition) is 4. The number of piperidine rings is 1. The number of benzene rings is 1. The first kappa shape index (κ1) is 15.8. The first-order chi connectivity index (χ1) is 10.2. The van der Waals surface area contributed by atoms with Gasteiger partial charge in [-0.15, -0.1) is 0 Å². The molecule has 1 amide bonds. The molecule has 21 heavy (non-hydrogen) atoms. The Morgan fingerprint density at radius 1 is 1.43 bits per heavy atom. The number of amides is 1. The van der Waals surface area contributed by atoms with Crippen LogP contribution in [0.1, 0.15) is 31.7 Å². The Balaban J connectivity index is 1.93. The van der Waals surface area contributed by atoms with Crippen LogP contribution in [0.2, 0.25) is 0 Å². The van der Waals surface area contributed by atoms with Crippen LogP contribution in [-0.4, -0.2) is 30.7 Å². The molecule has 1 saturated heterocycles. The van der Waals surface area contributed by atoms with Crippen molar-refractivity contribution in [3.8, 4) is 5.75 Å². The fourth-order valence-corrected chi connectivity index (χ4v) is 2.64. The summed E-state index contributed by atoms with van der Waals surface area (Å²) in [6.07, 6.45) is 2.67. The average Bonchev–Trinajstić information content (AvgIpc) is 2.50. The number of aliphatic hydroxyl groups excluding tert-OH is 1. The molecular weight excluding hydrogens is 268 g/mol. The zero-order valence-electron chi connectivity index (χ0n) is 12.5. The van der Waals surface area contributed by atoms with Crippen LogP contribution in [0.4, 0.5) is 5.69 Å². The van der Waals surface area contributed by atoms with E-state index in [0.717, 1.165) is 25.9 Å². The summed E-state index contributed by atoms with van der Waals surface area (Å²) < 4.78 is 5.43. The van der Waals surface area contributed by atoms with Gasteiger partial charge in [0.25, 0.3) is 0 Å². The average molecular weight is 292 g/mol. The van der Waals surface area contributed by atoms with Gasteiger partial charge >= 0.3 is 0 Å². The zero-order valence-corrected chi connectivity index (χ0v) is 12.5. The monoisotopic (exact) mass is 292 g/mol. The Hall–Kier alpha value is -1.59. The standard InChI is InChI=1S/C16H24N2O3/c1-2-21-15-4-3-14(10-13(15)11-19)18-16(20)9-12-5-7-17-8-6-12/h3-4,10,12,17,19H,2,5-9,11H2,1H3,(H,18,20). The highest BCUT2D eigenvalue weighted by Gasteiger charge is 2.17. The Morgan fingerprint density at radius 2 is 2.19 bits per heavy atom. The van der Waals surface area contributed by atoms with Gasteiger partial charge in [0.2, 0.25) is 5.91 Å². The SMILES string of the molecule is CCOc1ccc(NC(=O)CC2CCNCC2)cc1CO. The van der Waals surface area contributed by atoms with Crippen molar-refractivity contribution < 1.29 is 14.6 Å². The minimum absolute atomic E-state index is 0.0370. The quantitative estimate of drug-likeness (QED) is 0.749. The van der Waals surface area contributed by atoms with Gasteiger partial charge in [-0.25, -0.2) is 0 Å². The smallest absolute Gasteiger partial charge is 0.224 e. The second-order valence-electron chi connectivity index (χ2n) is 5.36. The number of hydrogen-bond donors (Lipinski definition) is 3. The van der Waals surface area contributed by atoms with Crippen LogP contribution in [0.25, 0.3) is 0 Å². The summed E-state index contributed by atoms with van der Waals surface area (Å²) in [5, 5.41) is 15.6. The lowest BCUT2D eigenvalue weighted by molar-refractivity contribution is -0.117. The lowest BCUT2D eigenvalue weighted by Crippen LogP contribution is -2.30. The van der Waals surface area contributed by atoms with E-state index in [0.29, 0.717) is 35.9 Å². The third-order valence-electron chi connectivity index (χ3n) is 3.75. The molecule has 1 aromatic rings. The van der Waals surface area contributed by atoms with Crippen molar-refractivity contribution >= 4 is 11.6 Å². The molecule has 0 radical (unpaired) electrons. The summed E-state index contributed by atoms with van der Waals surface area (Å²) in [5.74, 6) is 1.16. The third kappa shape index (κ3) is 4.72. The van der Waals surface area contributed by atoms with E-state index >= 15 is 0 Å². The Bertz CT molecular complexity index is 471. The van der Waals surface area contributed by atoms with Crippen molar-refractivity contribution in [2.45, 2.75) is 32.8 Å². The molecule has 0 spiro atoms. The number of aliphatic hydroxyl groups is 1. The van der Waals surface area contributed by atoms with Gasteiger partial charge in [0, 0.05) is 17.7 Å². The van der Waals surface area contributed by atoms with Gasteiger partial charge in [-0.1, -0.05) is 0 Å². The topological polar surface area (TPSA) is 70.6 Å². The molecule has 0 bridgehead atoms. The van der Waals surface area contributed by atoms with Crippen LogP contribution in [-0.2, 0) is 11.4 Å². The van der Waals surface area contributed by atoms with Crippen molar-refractivity contribution in [1.82, 2.24) is 5.32 Å². The molecule has 116 valence electrons.